The van der Waals surface area contributed by atoms with Gasteiger partial charge in [-0.2, -0.15) is 0 Å². The maximum absolute atomic E-state index is 12.9. The molecule has 1 saturated heterocycles. The van der Waals surface area contributed by atoms with E-state index in [0.717, 1.165) is 30.0 Å². The Morgan fingerprint density at radius 1 is 0.966 bits per heavy atom. The van der Waals surface area contributed by atoms with Gasteiger partial charge >= 0.3 is 0 Å². The lowest BCUT2D eigenvalue weighted by molar-refractivity contribution is -0.118. The summed E-state index contributed by atoms with van der Waals surface area (Å²) >= 11 is 0. The average Bonchev–Trinajstić information content (AvgIpc) is 2.73. The third-order valence-electron chi connectivity index (χ3n) is 5.38. The first-order valence-electron chi connectivity index (χ1n) is 10.5. The van der Waals surface area contributed by atoms with E-state index in [1.165, 1.54) is 19.3 Å². The standard InChI is InChI=1S/C24H31N3O2/c1-17(2)22(26-23(28)19-12-10-18(3)11-13-19)24(29)25-20-8-7-9-21(16-20)27-14-5-4-6-15-27/h7-13,16-17,22H,4-6,14-15H2,1-3H3,(H,25,29)(H,26,28). The van der Waals surface area contributed by atoms with E-state index in [0.29, 0.717) is 5.56 Å². The van der Waals surface area contributed by atoms with Crippen molar-refractivity contribution in [2.75, 3.05) is 23.3 Å². The molecule has 1 atom stereocenters. The zero-order valence-electron chi connectivity index (χ0n) is 17.6. The number of amides is 2. The van der Waals surface area contributed by atoms with Gasteiger partial charge < -0.3 is 15.5 Å². The quantitative estimate of drug-likeness (QED) is 0.766. The van der Waals surface area contributed by atoms with Gasteiger partial charge in [0.15, 0.2) is 0 Å². The van der Waals surface area contributed by atoms with Crippen LogP contribution in [0.15, 0.2) is 48.5 Å². The zero-order valence-corrected chi connectivity index (χ0v) is 17.6. The van der Waals surface area contributed by atoms with Crippen LogP contribution in [0.4, 0.5) is 11.4 Å². The van der Waals surface area contributed by atoms with Gasteiger partial charge in [0.2, 0.25) is 5.91 Å². The molecule has 3 rings (SSSR count). The number of hydrogen-bond acceptors (Lipinski definition) is 3. The van der Waals surface area contributed by atoms with Crippen molar-refractivity contribution in [1.82, 2.24) is 5.32 Å². The lowest BCUT2D eigenvalue weighted by atomic mass is 10.0. The Bertz CT molecular complexity index is 839. The lowest BCUT2D eigenvalue weighted by Crippen LogP contribution is -2.47. The topological polar surface area (TPSA) is 61.4 Å². The fourth-order valence-electron chi connectivity index (χ4n) is 3.62. The van der Waals surface area contributed by atoms with Gasteiger partial charge in [-0.3, -0.25) is 9.59 Å². The molecular weight excluding hydrogens is 362 g/mol. The summed E-state index contributed by atoms with van der Waals surface area (Å²) in [5, 5.41) is 5.88. The summed E-state index contributed by atoms with van der Waals surface area (Å²) in [5.74, 6) is -0.466. The Hall–Kier alpha value is -2.82. The van der Waals surface area contributed by atoms with Crippen LogP contribution < -0.4 is 15.5 Å². The number of nitrogens with one attached hydrogen (secondary N) is 2. The molecule has 0 aliphatic carbocycles. The van der Waals surface area contributed by atoms with Crippen LogP contribution in [0.1, 0.15) is 49.0 Å². The molecule has 1 fully saturated rings. The minimum atomic E-state index is -0.609. The van der Waals surface area contributed by atoms with Gasteiger partial charge in [-0.25, -0.2) is 0 Å². The Kier molecular flexibility index (Phi) is 6.91. The molecule has 5 nitrogen and oxygen atoms in total. The summed E-state index contributed by atoms with van der Waals surface area (Å²) in [6, 6.07) is 14.7. The number of rotatable bonds is 6. The molecule has 1 unspecified atom stereocenters. The molecule has 1 aliphatic rings. The van der Waals surface area contributed by atoms with Crippen LogP contribution >= 0.6 is 0 Å². The fourth-order valence-corrected chi connectivity index (χ4v) is 3.62. The summed E-state index contributed by atoms with van der Waals surface area (Å²) in [7, 11) is 0. The largest absolute Gasteiger partial charge is 0.371 e. The van der Waals surface area contributed by atoms with Gasteiger partial charge in [0.05, 0.1) is 0 Å². The van der Waals surface area contributed by atoms with Gasteiger partial charge in [-0.15, -0.1) is 0 Å². The monoisotopic (exact) mass is 393 g/mol. The summed E-state index contributed by atoms with van der Waals surface area (Å²) in [4.78, 5) is 27.9. The predicted octanol–water partition coefficient (Wildman–Crippen LogP) is 4.38. The van der Waals surface area contributed by atoms with E-state index in [2.05, 4.69) is 21.6 Å². The Morgan fingerprint density at radius 2 is 1.66 bits per heavy atom. The fraction of sp³-hybridized carbons (Fsp3) is 0.417. The van der Waals surface area contributed by atoms with Crippen LogP contribution in [-0.2, 0) is 4.79 Å². The van der Waals surface area contributed by atoms with Crippen molar-refractivity contribution in [2.45, 2.75) is 46.1 Å². The van der Waals surface area contributed by atoms with Crippen LogP contribution in [0.5, 0.6) is 0 Å². The highest BCUT2D eigenvalue weighted by atomic mass is 16.2. The summed E-state index contributed by atoms with van der Waals surface area (Å²) < 4.78 is 0. The van der Waals surface area contributed by atoms with E-state index >= 15 is 0 Å². The second kappa shape index (κ2) is 9.59. The SMILES string of the molecule is Cc1ccc(C(=O)NC(C(=O)Nc2cccc(N3CCCCC3)c2)C(C)C)cc1. The highest BCUT2D eigenvalue weighted by Crippen LogP contribution is 2.23. The molecular formula is C24H31N3O2. The number of piperidine rings is 1. The average molecular weight is 394 g/mol. The van der Waals surface area contributed by atoms with Crippen molar-refractivity contribution in [3.63, 3.8) is 0 Å². The van der Waals surface area contributed by atoms with Crippen molar-refractivity contribution in [3.05, 3.63) is 59.7 Å². The predicted molar refractivity (Wildman–Crippen MR) is 118 cm³/mol. The smallest absolute Gasteiger partial charge is 0.251 e. The number of hydrogen-bond donors (Lipinski definition) is 2. The molecule has 29 heavy (non-hydrogen) atoms. The molecule has 0 radical (unpaired) electrons. The number of anilines is 2. The zero-order chi connectivity index (χ0) is 20.8. The third-order valence-corrected chi connectivity index (χ3v) is 5.38. The molecule has 2 aromatic rings. The molecule has 2 aromatic carbocycles. The van der Waals surface area contributed by atoms with Crippen LogP contribution in [0.3, 0.4) is 0 Å². The van der Waals surface area contributed by atoms with Gasteiger partial charge in [0.25, 0.3) is 5.91 Å². The summed E-state index contributed by atoms with van der Waals surface area (Å²) in [6.45, 7) is 7.95. The van der Waals surface area contributed by atoms with Gasteiger partial charge in [0.1, 0.15) is 6.04 Å². The van der Waals surface area contributed by atoms with Crippen molar-refractivity contribution < 1.29 is 9.59 Å². The first-order chi connectivity index (χ1) is 13.9. The van der Waals surface area contributed by atoms with Crippen molar-refractivity contribution in [3.8, 4) is 0 Å². The maximum Gasteiger partial charge on any atom is 0.251 e. The van der Waals surface area contributed by atoms with Gasteiger partial charge in [0, 0.05) is 30.0 Å². The highest BCUT2D eigenvalue weighted by molar-refractivity contribution is 6.01. The Balaban J connectivity index is 1.68. The maximum atomic E-state index is 12.9. The minimum absolute atomic E-state index is 0.0327. The highest BCUT2D eigenvalue weighted by Gasteiger charge is 2.25. The van der Waals surface area contributed by atoms with Crippen molar-refractivity contribution >= 4 is 23.2 Å². The van der Waals surface area contributed by atoms with E-state index < -0.39 is 6.04 Å². The molecule has 0 aromatic heterocycles. The van der Waals surface area contributed by atoms with E-state index in [4.69, 9.17) is 0 Å². The third kappa shape index (κ3) is 5.59. The lowest BCUT2D eigenvalue weighted by Gasteiger charge is -2.29. The minimum Gasteiger partial charge on any atom is -0.371 e. The normalized spacial score (nSPS) is 15.1. The van der Waals surface area contributed by atoms with E-state index in [-0.39, 0.29) is 17.7 Å². The second-order valence-corrected chi connectivity index (χ2v) is 8.15. The number of nitrogens with zero attached hydrogens (tertiary/aromatic N) is 1. The van der Waals surface area contributed by atoms with Crippen LogP contribution in [0.25, 0.3) is 0 Å². The summed E-state index contributed by atoms with van der Waals surface area (Å²) in [5.41, 5.74) is 3.54. The van der Waals surface area contributed by atoms with Gasteiger partial charge in [-0.05, 0) is 62.4 Å². The second-order valence-electron chi connectivity index (χ2n) is 8.15. The van der Waals surface area contributed by atoms with Crippen molar-refractivity contribution in [2.24, 2.45) is 5.92 Å². The number of carbonyl (C=O) groups is 2. The van der Waals surface area contributed by atoms with Crippen LogP contribution in [-0.4, -0.2) is 30.9 Å². The molecule has 0 saturated carbocycles. The first kappa shape index (κ1) is 20.9. The Morgan fingerprint density at radius 3 is 2.31 bits per heavy atom. The molecule has 0 spiro atoms. The molecule has 1 heterocycles. The van der Waals surface area contributed by atoms with E-state index in [1.54, 1.807) is 12.1 Å². The molecule has 154 valence electrons. The van der Waals surface area contributed by atoms with Crippen molar-refractivity contribution in [1.29, 1.82) is 0 Å². The molecule has 1 aliphatic heterocycles. The summed E-state index contributed by atoms with van der Waals surface area (Å²) in [6.07, 6.45) is 3.69. The first-order valence-corrected chi connectivity index (χ1v) is 10.5. The van der Waals surface area contributed by atoms with Gasteiger partial charge in [-0.1, -0.05) is 37.6 Å². The number of benzene rings is 2. The number of aryl methyl sites for hydroxylation is 1. The van der Waals surface area contributed by atoms with E-state index in [1.807, 2.05) is 51.1 Å². The number of carbonyl (C=O) groups excluding carboxylic acids is 2. The molecule has 5 heteroatoms. The van der Waals surface area contributed by atoms with Crippen LogP contribution in [0.2, 0.25) is 0 Å². The van der Waals surface area contributed by atoms with Crippen LogP contribution in [0, 0.1) is 12.8 Å². The van der Waals surface area contributed by atoms with E-state index in [9.17, 15) is 9.59 Å². The molecule has 2 amide bonds. The molecule has 2 N–H and O–H groups in total. The Labute approximate surface area is 173 Å². The molecule has 0 bridgehead atoms.